The first-order chi connectivity index (χ1) is 9.21. The molecule has 0 aliphatic rings. The van der Waals surface area contributed by atoms with Gasteiger partial charge < -0.3 is 5.32 Å². The molecular weight excluding hydrogens is 261 g/mol. The van der Waals surface area contributed by atoms with Crippen LogP contribution >= 0.6 is 11.8 Å². The zero-order valence-electron chi connectivity index (χ0n) is 11.0. The Kier molecular flexibility index (Phi) is 4.74. The van der Waals surface area contributed by atoms with E-state index in [1.54, 1.807) is 12.1 Å². The highest BCUT2D eigenvalue weighted by atomic mass is 32.2. The van der Waals surface area contributed by atoms with Crippen LogP contribution in [0.1, 0.15) is 19.7 Å². The molecule has 0 radical (unpaired) electrons. The molecule has 1 heterocycles. The fourth-order valence-electron chi connectivity index (χ4n) is 1.58. The van der Waals surface area contributed by atoms with Gasteiger partial charge in [0.2, 0.25) is 0 Å². The number of anilines is 1. The summed E-state index contributed by atoms with van der Waals surface area (Å²) in [5.41, 5.74) is 0. The number of halogens is 1. The Bertz CT molecular complexity index is 543. The van der Waals surface area contributed by atoms with Crippen LogP contribution < -0.4 is 5.32 Å². The average molecular weight is 277 g/mol. The van der Waals surface area contributed by atoms with Crippen molar-refractivity contribution in [2.45, 2.75) is 30.2 Å². The number of aryl methyl sites for hydroxylation is 1. The van der Waals surface area contributed by atoms with Crippen LogP contribution in [-0.4, -0.2) is 16.5 Å². The van der Waals surface area contributed by atoms with Gasteiger partial charge in [-0.2, -0.15) is 0 Å². The highest BCUT2D eigenvalue weighted by Gasteiger charge is 2.05. The topological polar surface area (TPSA) is 37.8 Å². The second kappa shape index (κ2) is 6.52. The zero-order chi connectivity index (χ0) is 13.7. The van der Waals surface area contributed by atoms with Gasteiger partial charge in [0.15, 0.2) is 0 Å². The second-order valence-corrected chi connectivity index (χ2v) is 5.04. The Morgan fingerprint density at radius 2 is 1.89 bits per heavy atom. The van der Waals surface area contributed by atoms with Crippen LogP contribution in [0.5, 0.6) is 0 Å². The summed E-state index contributed by atoms with van der Waals surface area (Å²) >= 11 is 1.51. The minimum absolute atomic E-state index is 0.227. The van der Waals surface area contributed by atoms with E-state index in [0.29, 0.717) is 0 Å². The number of aromatic nitrogens is 2. The van der Waals surface area contributed by atoms with Crippen LogP contribution in [0.25, 0.3) is 0 Å². The Morgan fingerprint density at radius 3 is 2.53 bits per heavy atom. The van der Waals surface area contributed by atoms with Crippen molar-refractivity contribution >= 4 is 17.6 Å². The highest BCUT2D eigenvalue weighted by molar-refractivity contribution is 7.99. The molecular formula is C14H16FN3S. The van der Waals surface area contributed by atoms with E-state index in [2.05, 4.69) is 15.3 Å². The van der Waals surface area contributed by atoms with Gasteiger partial charge in [-0.15, -0.1) is 0 Å². The van der Waals surface area contributed by atoms with Crippen molar-refractivity contribution < 1.29 is 4.39 Å². The molecule has 5 heteroatoms. The fraction of sp³-hybridized carbons (Fsp3) is 0.286. The third-order valence-electron chi connectivity index (χ3n) is 2.46. The van der Waals surface area contributed by atoms with Crippen molar-refractivity contribution in [2.75, 3.05) is 11.9 Å². The maximum absolute atomic E-state index is 12.9. The molecule has 0 atom stereocenters. The summed E-state index contributed by atoms with van der Waals surface area (Å²) in [5, 5.41) is 4.06. The van der Waals surface area contributed by atoms with Gasteiger partial charge in [0.25, 0.3) is 0 Å². The van der Waals surface area contributed by atoms with Gasteiger partial charge in [-0.05, 0) is 31.2 Å². The molecule has 0 saturated heterocycles. The molecule has 100 valence electrons. The summed E-state index contributed by atoms with van der Waals surface area (Å²) < 4.78 is 12.9. The maximum Gasteiger partial charge on any atom is 0.131 e. The summed E-state index contributed by atoms with van der Waals surface area (Å²) in [7, 11) is 0. The van der Waals surface area contributed by atoms with Gasteiger partial charge in [-0.3, -0.25) is 0 Å². The molecule has 1 aromatic heterocycles. The molecule has 19 heavy (non-hydrogen) atoms. The number of hydrogen-bond donors (Lipinski definition) is 1. The van der Waals surface area contributed by atoms with Crippen LogP contribution in [0.3, 0.4) is 0 Å². The Labute approximate surface area is 116 Å². The second-order valence-electron chi connectivity index (χ2n) is 3.95. The summed E-state index contributed by atoms with van der Waals surface area (Å²) in [5.74, 6) is 1.41. The number of nitrogens with one attached hydrogen (secondary N) is 1. The largest absolute Gasteiger partial charge is 0.370 e. The van der Waals surface area contributed by atoms with Crippen LogP contribution in [0, 0.1) is 5.82 Å². The SMILES string of the molecule is CCNc1cc(Sc2ccc(F)cc2)nc(CC)n1. The van der Waals surface area contributed by atoms with Crippen molar-refractivity contribution in [2.24, 2.45) is 0 Å². The lowest BCUT2D eigenvalue weighted by Gasteiger charge is -2.07. The normalized spacial score (nSPS) is 10.5. The molecule has 1 N–H and O–H groups in total. The molecule has 0 fully saturated rings. The first-order valence-electron chi connectivity index (χ1n) is 6.26. The zero-order valence-corrected chi connectivity index (χ0v) is 11.8. The third-order valence-corrected chi connectivity index (χ3v) is 3.39. The quantitative estimate of drug-likeness (QED) is 0.844. The Balaban J connectivity index is 2.23. The van der Waals surface area contributed by atoms with Crippen molar-refractivity contribution in [3.63, 3.8) is 0 Å². The van der Waals surface area contributed by atoms with Crippen LogP contribution in [0.2, 0.25) is 0 Å². The van der Waals surface area contributed by atoms with E-state index in [0.717, 1.165) is 34.5 Å². The molecule has 0 saturated carbocycles. The van der Waals surface area contributed by atoms with Crippen molar-refractivity contribution in [1.29, 1.82) is 0 Å². The van der Waals surface area contributed by atoms with E-state index in [4.69, 9.17) is 0 Å². The first-order valence-corrected chi connectivity index (χ1v) is 7.08. The molecule has 2 rings (SSSR count). The molecule has 2 aromatic rings. The van der Waals surface area contributed by atoms with Gasteiger partial charge >= 0.3 is 0 Å². The van der Waals surface area contributed by atoms with E-state index in [1.807, 2.05) is 19.9 Å². The lowest BCUT2D eigenvalue weighted by Crippen LogP contribution is -2.03. The van der Waals surface area contributed by atoms with Gasteiger partial charge in [0, 0.05) is 23.9 Å². The molecule has 0 bridgehead atoms. The number of nitrogens with zero attached hydrogens (tertiary/aromatic N) is 2. The van der Waals surface area contributed by atoms with Crippen molar-refractivity contribution in [1.82, 2.24) is 9.97 Å². The molecule has 0 unspecified atom stereocenters. The number of rotatable bonds is 5. The Morgan fingerprint density at radius 1 is 1.16 bits per heavy atom. The van der Waals surface area contributed by atoms with Crippen LogP contribution in [0.15, 0.2) is 40.3 Å². The highest BCUT2D eigenvalue weighted by Crippen LogP contribution is 2.27. The van der Waals surface area contributed by atoms with E-state index < -0.39 is 0 Å². The van der Waals surface area contributed by atoms with Gasteiger partial charge in [0.1, 0.15) is 22.5 Å². The first kappa shape index (κ1) is 13.8. The summed E-state index contributed by atoms with van der Waals surface area (Å²) in [6.45, 7) is 4.87. The monoisotopic (exact) mass is 277 g/mol. The minimum Gasteiger partial charge on any atom is -0.370 e. The molecule has 0 amide bonds. The summed E-state index contributed by atoms with van der Waals surface area (Å²) in [4.78, 5) is 9.83. The third kappa shape index (κ3) is 3.92. The lowest BCUT2D eigenvalue weighted by atomic mass is 10.4. The fourth-order valence-corrected chi connectivity index (χ4v) is 2.41. The molecule has 0 spiro atoms. The smallest absolute Gasteiger partial charge is 0.131 e. The van der Waals surface area contributed by atoms with E-state index in [9.17, 15) is 4.39 Å². The average Bonchev–Trinajstić information content (AvgIpc) is 2.41. The van der Waals surface area contributed by atoms with E-state index in [-0.39, 0.29) is 5.82 Å². The molecule has 0 aliphatic carbocycles. The minimum atomic E-state index is -0.227. The lowest BCUT2D eigenvalue weighted by molar-refractivity contribution is 0.626. The predicted octanol–water partition coefficient (Wildman–Crippen LogP) is 3.76. The van der Waals surface area contributed by atoms with E-state index >= 15 is 0 Å². The maximum atomic E-state index is 12.9. The van der Waals surface area contributed by atoms with Gasteiger partial charge in [-0.25, -0.2) is 14.4 Å². The standard InChI is InChI=1S/C14H16FN3S/c1-3-12-17-13(16-4-2)9-14(18-12)19-11-7-5-10(15)6-8-11/h5-9H,3-4H2,1-2H3,(H,16,17,18). The number of hydrogen-bond acceptors (Lipinski definition) is 4. The predicted molar refractivity (Wildman–Crippen MR) is 76.1 cm³/mol. The molecule has 1 aromatic carbocycles. The van der Waals surface area contributed by atoms with Gasteiger partial charge in [0.05, 0.1) is 0 Å². The van der Waals surface area contributed by atoms with Crippen LogP contribution in [0.4, 0.5) is 10.2 Å². The van der Waals surface area contributed by atoms with Crippen molar-refractivity contribution in [3.8, 4) is 0 Å². The number of benzene rings is 1. The van der Waals surface area contributed by atoms with Crippen LogP contribution in [-0.2, 0) is 6.42 Å². The van der Waals surface area contributed by atoms with Gasteiger partial charge in [-0.1, -0.05) is 18.7 Å². The van der Waals surface area contributed by atoms with Crippen molar-refractivity contribution in [3.05, 3.63) is 42.0 Å². The molecule has 0 aliphatic heterocycles. The Hall–Kier alpha value is -1.62. The summed E-state index contributed by atoms with van der Waals surface area (Å²) in [6, 6.07) is 8.32. The molecule has 3 nitrogen and oxygen atoms in total. The summed E-state index contributed by atoms with van der Waals surface area (Å²) in [6.07, 6.45) is 0.788. The van der Waals surface area contributed by atoms with E-state index in [1.165, 1.54) is 23.9 Å².